The Morgan fingerprint density at radius 1 is 1.02 bits per heavy atom. The van der Waals surface area contributed by atoms with E-state index in [0.29, 0.717) is 41.4 Å². The molecule has 0 bridgehead atoms. The minimum atomic E-state index is -0.640. The molecule has 2 heterocycles. The van der Waals surface area contributed by atoms with Gasteiger partial charge >= 0.3 is 0 Å². The number of H-pyrrole nitrogens is 1. The number of nitrogens with zero attached hydrogens (tertiary/aromatic N) is 5. The first-order chi connectivity index (χ1) is 21.5. The van der Waals surface area contributed by atoms with E-state index in [1.165, 1.54) is 6.07 Å². The standard InChI is InChI=1S/C34H37FN6O3/c1-22-9-8-11-24-20-27(34(42)36-31(22)24)32(33-37-38-39-41(33)26-12-5-6-13-26)40(21-25-10-4-7-14-28(25)35)18-17-23-15-16-29(43-2)30(19-23)44-3/h4,7-11,14-16,19-20,26,32H,5-6,12-13,17-18,21H2,1-3H3,(H,36,42). The van der Waals surface area contributed by atoms with Crippen molar-refractivity contribution in [2.75, 3.05) is 20.8 Å². The normalized spacial score (nSPS) is 14.4. The Morgan fingerprint density at radius 3 is 2.59 bits per heavy atom. The summed E-state index contributed by atoms with van der Waals surface area (Å²) in [7, 11) is 3.22. The molecule has 9 nitrogen and oxygen atoms in total. The highest BCUT2D eigenvalue weighted by atomic mass is 19.1. The zero-order valence-corrected chi connectivity index (χ0v) is 25.3. The zero-order chi connectivity index (χ0) is 30.6. The van der Waals surface area contributed by atoms with Gasteiger partial charge in [-0.3, -0.25) is 9.69 Å². The van der Waals surface area contributed by atoms with Gasteiger partial charge in [0.15, 0.2) is 17.3 Å². The monoisotopic (exact) mass is 596 g/mol. The molecule has 1 saturated carbocycles. The fraction of sp³-hybridized carbons (Fsp3) is 0.353. The Labute approximate surface area is 255 Å². The number of fused-ring (bicyclic) bond motifs is 1. The minimum Gasteiger partial charge on any atom is -0.493 e. The van der Waals surface area contributed by atoms with E-state index >= 15 is 4.39 Å². The lowest BCUT2D eigenvalue weighted by Crippen LogP contribution is -2.37. The molecule has 0 spiro atoms. The number of hydrogen-bond acceptors (Lipinski definition) is 7. The van der Waals surface area contributed by atoms with Crippen LogP contribution in [0.15, 0.2) is 71.5 Å². The molecule has 1 aliphatic carbocycles. The Balaban J connectivity index is 1.49. The largest absolute Gasteiger partial charge is 0.493 e. The molecule has 1 unspecified atom stereocenters. The Hall–Kier alpha value is -4.57. The maximum atomic E-state index is 15.2. The highest BCUT2D eigenvalue weighted by Gasteiger charge is 2.33. The average Bonchev–Trinajstić information content (AvgIpc) is 3.74. The van der Waals surface area contributed by atoms with E-state index in [-0.39, 0.29) is 24.0 Å². The van der Waals surface area contributed by atoms with E-state index < -0.39 is 6.04 Å². The summed E-state index contributed by atoms with van der Waals surface area (Å²) in [5, 5.41) is 14.0. The first-order valence-electron chi connectivity index (χ1n) is 15.1. The van der Waals surface area contributed by atoms with E-state index in [1.54, 1.807) is 26.4 Å². The van der Waals surface area contributed by atoms with Gasteiger partial charge in [-0.2, -0.15) is 0 Å². The van der Waals surface area contributed by atoms with Gasteiger partial charge in [-0.25, -0.2) is 9.07 Å². The van der Waals surface area contributed by atoms with E-state index in [4.69, 9.17) is 9.47 Å². The number of rotatable bonds is 11. The van der Waals surface area contributed by atoms with Crippen LogP contribution >= 0.6 is 0 Å². The van der Waals surface area contributed by atoms with E-state index in [2.05, 4.69) is 25.4 Å². The summed E-state index contributed by atoms with van der Waals surface area (Å²) in [6.07, 6.45) is 4.74. The number of pyridine rings is 1. The van der Waals surface area contributed by atoms with Crippen molar-refractivity contribution in [3.8, 4) is 11.5 Å². The smallest absolute Gasteiger partial charge is 0.253 e. The summed E-state index contributed by atoms with van der Waals surface area (Å²) in [5.41, 5.74) is 3.61. The quantitative estimate of drug-likeness (QED) is 0.202. The van der Waals surface area contributed by atoms with Crippen molar-refractivity contribution in [2.24, 2.45) is 0 Å². The number of para-hydroxylation sites is 1. The third kappa shape index (κ3) is 5.94. The molecule has 0 amide bonds. The SMILES string of the molecule is COc1ccc(CCN(Cc2ccccc2F)C(c2cc3cccc(C)c3[nH]c2=O)c2nnnn2C2CCCC2)cc1OC. The second-order valence-corrected chi connectivity index (χ2v) is 11.4. The van der Waals surface area contributed by atoms with Crippen LogP contribution in [0.3, 0.4) is 0 Å². The summed E-state index contributed by atoms with van der Waals surface area (Å²) in [5.74, 6) is 1.55. The Kier molecular flexibility index (Phi) is 8.70. The highest BCUT2D eigenvalue weighted by Crippen LogP contribution is 2.35. The third-order valence-electron chi connectivity index (χ3n) is 8.68. The van der Waals surface area contributed by atoms with Crippen molar-refractivity contribution < 1.29 is 13.9 Å². The molecular formula is C34H37FN6O3. The summed E-state index contributed by atoms with van der Waals surface area (Å²) >= 11 is 0. The molecule has 1 fully saturated rings. The van der Waals surface area contributed by atoms with Gasteiger partial charge in [0.1, 0.15) is 11.9 Å². The molecule has 1 atom stereocenters. The van der Waals surface area contributed by atoms with Crippen molar-refractivity contribution in [2.45, 2.75) is 57.7 Å². The molecule has 0 aliphatic heterocycles. The predicted molar refractivity (Wildman–Crippen MR) is 167 cm³/mol. The number of nitrogens with one attached hydrogen (secondary N) is 1. The number of halogens is 1. The van der Waals surface area contributed by atoms with Gasteiger partial charge < -0.3 is 14.5 Å². The second kappa shape index (κ2) is 13.0. The summed E-state index contributed by atoms with van der Waals surface area (Å²) in [4.78, 5) is 19.2. The van der Waals surface area contributed by atoms with E-state index in [9.17, 15) is 4.79 Å². The lowest BCUT2D eigenvalue weighted by atomic mass is 10.00. The minimum absolute atomic E-state index is 0.144. The first kappa shape index (κ1) is 29.5. The number of methoxy groups -OCH3 is 2. The van der Waals surface area contributed by atoms with Gasteiger partial charge in [0, 0.05) is 24.2 Å². The van der Waals surface area contributed by atoms with Gasteiger partial charge in [-0.05, 0) is 77.4 Å². The molecule has 2 aromatic heterocycles. The van der Waals surface area contributed by atoms with Gasteiger partial charge in [0.25, 0.3) is 5.56 Å². The number of benzene rings is 3. The molecule has 3 aromatic carbocycles. The molecular weight excluding hydrogens is 559 g/mol. The van der Waals surface area contributed by atoms with Gasteiger partial charge in [-0.15, -0.1) is 5.10 Å². The zero-order valence-electron chi connectivity index (χ0n) is 25.3. The summed E-state index contributed by atoms with van der Waals surface area (Å²) in [6, 6.07) is 20.0. The van der Waals surface area contributed by atoms with Crippen molar-refractivity contribution in [3.05, 3.63) is 111 Å². The molecule has 1 aliphatic rings. The van der Waals surface area contributed by atoms with Gasteiger partial charge in [0.05, 0.1) is 25.8 Å². The fourth-order valence-corrected chi connectivity index (χ4v) is 6.35. The van der Waals surface area contributed by atoms with Crippen molar-refractivity contribution in [1.82, 2.24) is 30.1 Å². The lowest BCUT2D eigenvalue weighted by Gasteiger charge is -2.32. The number of tetrazole rings is 1. The first-order valence-corrected chi connectivity index (χ1v) is 15.1. The highest BCUT2D eigenvalue weighted by molar-refractivity contribution is 5.82. The maximum absolute atomic E-state index is 15.2. The van der Waals surface area contributed by atoms with Crippen LogP contribution in [-0.4, -0.2) is 50.9 Å². The van der Waals surface area contributed by atoms with Crippen LogP contribution < -0.4 is 15.0 Å². The number of aryl methyl sites for hydroxylation is 1. The number of hydrogen-bond donors (Lipinski definition) is 1. The van der Waals surface area contributed by atoms with Crippen LogP contribution in [-0.2, 0) is 13.0 Å². The van der Waals surface area contributed by atoms with Crippen molar-refractivity contribution in [1.29, 1.82) is 0 Å². The molecule has 6 rings (SSSR count). The maximum Gasteiger partial charge on any atom is 0.253 e. The van der Waals surface area contributed by atoms with Crippen molar-refractivity contribution >= 4 is 10.9 Å². The van der Waals surface area contributed by atoms with Crippen molar-refractivity contribution in [3.63, 3.8) is 0 Å². The Bertz CT molecular complexity index is 1810. The van der Waals surface area contributed by atoms with Crippen LogP contribution in [0, 0.1) is 12.7 Å². The van der Waals surface area contributed by atoms with Crippen LogP contribution in [0.2, 0.25) is 0 Å². The predicted octanol–water partition coefficient (Wildman–Crippen LogP) is 5.93. The number of aromatic amines is 1. The second-order valence-electron chi connectivity index (χ2n) is 11.4. The summed E-state index contributed by atoms with van der Waals surface area (Å²) < 4.78 is 28.1. The van der Waals surface area contributed by atoms with Crippen LogP contribution in [0.4, 0.5) is 4.39 Å². The molecule has 0 radical (unpaired) electrons. The van der Waals surface area contributed by atoms with E-state index in [1.807, 2.05) is 60.1 Å². The number of aromatic nitrogens is 5. The molecule has 1 N–H and O–H groups in total. The van der Waals surface area contributed by atoms with Crippen LogP contribution in [0.25, 0.3) is 10.9 Å². The molecule has 44 heavy (non-hydrogen) atoms. The third-order valence-corrected chi connectivity index (χ3v) is 8.68. The molecule has 0 saturated heterocycles. The van der Waals surface area contributed by atoms with Gasteiger partial charge in [0.2, 0.25) is 0 Å². The lowest BCUT2D eigenvalue weighted by molar-refractivity contribution is 0.199. The molecule has 228 valence electrons. The van der Waals surface area contributed by atoms with Gasteiger partial charge in [-0.1, -0.05) is 55.3 Å². The van der Waals surface area contributed by atoms with Crippen LogP contribution in [0.5, 0.6) is 11.5 Å². The molecule has 10 heteroatoms. The fourth-order valence-electron chi connectivity index (χ4n) is 6.35. The Morgan fingerprint density at radius 2 is 1.82 bits per heavy atom. The van der Waals surface area contributed by atoms with Crippen LogP contribution in [0.1, 0.15) is 65.8 Å². The topological polar surface area (TPSA) is 98.2 Å². The summed E-state index contributed by atoms with van der Waals surface area (Å²) in [6.45, 7) is 2.70. The van der Waals surface area contributed by atoms with E-state index in [0.717, 1.165) is 47.7 Å². The number of ether oxygens (including phenoxy) is 2. The molecule has 5 aromatic rings. The average molecular weight is 597 g/mol.